The van der Waals surface area contributed by atoms with E-state index in [0.29, 0.717) is 5.56 Å². The molecule has 1 nitrogen and oxygen atoms in total. The minimum absolute atomic E-state index is 0.119. The summed E-state index contributed by atoms with van der Waals surface area (Å²) in [5.41, 5.74) is -0.204. The molecule has 0 aromatic heterocycles. The van der Waals surface area contributed by atoms with Crippen molar-refractivity contribution in [2.75, 3.05) is 6.61 Å². The quantitative estimate of drug-likeness (QED) is 0.778. The maximum Gasteiger partial charge on any atom is 0.148 e. The summed E-state index contributed by atoms with van der Waals surface area (Å²) >= 11 is 5.50. The standard InChI is InChI=1S/C11H11ClF2O/c12-9-8(13)3-2-7(10(9)14)11(6-15)4-1-5-11/h2-3,15H,1,4-6H2. The Kier molecular flexibility index (Phi) is 2.69. The van der Waals surface area contributed by atoms with Crippen LogP contribution in [-0.2, 0) is 5.41 Å². The van der Waals surface area contributed by atoms with Gasteiger partial charge in [-0.3, -0.25) is 0 Å². The second-order valence-electron chi connectivity index (χ2n) is 4.01. The van der Waals surface area contributed by atoms with E-state index >= 15 is 0 Å². The highest BCUT2D eigenvalue weighted by Gasteiger charge is 2.40. The van der Waals surface area contributed by atoms with Gasteiger partial charge in [0.1, 0.15) is 16.7 Å². The van der Waals surface area contributed by atoms with Gasteiger partial charge in [-0.25, -0.2) is 8.78 Å². The van der Waals surface area contributed by atoms with Crippen LogP contribution in [0, 0.1) is 11.6 Å². The van der Waals surface area contributed by atoms with Gasteiger partial charge in [0.25, 0.3) is 0 Å². The minimum Gasteiger partial charge on any atom is -0.395 e. The van der Waals surface area contributed by atoms with Gasteiger partial charge < -0.3 is 5.11 Å². The summed E-state index contributed by atoms with van der Waals surface area (Å²) < 4.78 is 26.6. The topological polar surface area (TPSA) is 20.2 Å². The molecule has 1 N–H and O–H groups in total. The smallest absolute Gasteiger partial charge is 0.148 e. The third-order valence-corrected chi connectivity index (χ3v) is 3.57. The molecule has 0 radical (unpaired) electrons. The van der Waals surface area contributed by atoms with Crippen LogP contribution in [0.5, 0.6) is 0 Å². The zero-order chi connectivity index (χ0) is 11.1. The lowest BCUT2D eigenvalue weighted by Gasteiger charge is -2.41. The third-order valence-electron chi connectivity index (χ3n) is 3.22. The molecule has 0 spiro atoms. The predicted molar refractivity (Wildman–Crippen MR) is 54.0 cm³/mol. The molecule has 0 aliphatic heterocycles. The molecule has 15 heavy (non-hydrogen) atoms. The maximum atomic E-state index is 13.7. The summed E-state index contributed by atoms with van der Waals surface area (Å²) in [7, 11) is 0. The molecule has 4 heteroatoms. The van der Waals surface area contributed by atoms with Crippen molar-refractivity contribution in [3.8, 4) is 0 Å². The molecular formula is C11H11ClF2O. The van der Waals surface area contributed by atoms with Gasteiger partial charge in [-0.1, -0.05) is 24.1 Å². The van der Waals surface area contributed by atoms with Crippen LogP contribution in [0.2, 0.25) is 5.02 Å². The van der Waals surface area contributed by atoms with Crippen LogP contribution in [0.15, 0.2) is 12.1 Å². The minimum atomic E-state index is -0.759. The number of aliphatic hydroxyl groups excluding tert-OH is 1. The van der Waals surface area contributed by atoms with Crippen molar-refractivity contribution in [1.82, 2.24) is 0 Å². The SMILES string of the molecule is OCC1(c2ccc(F)c(Cl)c2F)CCC1. The number of benzene rings is 1. The van der Waals surface area contributed by atoms with Gasteiger partial charge in [-0.05, 0) is 24.5 Å². The Labute approximate surface area is 91.7 Å². The Morgan fingerprint density at radius 1 is 1.33 bits per heavy atom. The van der Waals surface area contributed by atoms with Crippen molar-refractivity contribution in [3.63, 3.8) is 0 Å². The molecule has 2 rings (SSSR count). The summed E-state index contributed by atoms with van der Waals surface area (Å²) in [5.74, 6) is -1.49. The fraction of sp³-hybridized carbons (Fsp3) is 0.455. The van der Waals surface area contributed by atoms with Crippen molar-refractivity contribution >= 4 is 11.6 Å². The van der Waals surface area contributed by atoms with E-state index in [0.717, 1.165) is 25.3 Å². The molecule has 1 fully saturated rings. The fourth-order valence-corrected chi connectivity index (χ4v) is 2.22. The van der Waals surface area contributed by atoms with Crippen molar-refractivity contribution in [3.05, 3.63) is 34.4 Å². The molecule has 0 heterocycles. The number of halogens is 3. The molecule has 0 saturated heterocycles. The molecule has 1 aliphatic rings. The molecule has 0 amide bonds. The van der Waals surface area contributed by atoms with E-state index in [-0.39, 0.29) is 6.61 Å². The van der Waals surface area contributed by atoms with Crippen LogP contribution in [0.4, 0.5) is 8.78 Å². The third kappa shape index (κ3) is 1.54. The summed E-state index contributed by atoms with van der Waals surface area (Å²) in [6, 6.07) is 2.53. The number of rotatable bonds is 2. The Morgan fingerprint density at radius 2 is 2.00 bits per heavy atom. The monoisotopic (exact) mass is 232 g/mol. The molecule has 82 valence electrons. The summed E-state index contributed by atoms with van der Waals surface area (Å²) in [5, 5.41) is 8.79. The number of hydrogen-bond donors (Lipinski definition) is 1. The normalized spacial score (nSPS) is 18.7. The van der Waals surface area contributed by atoms with E-state index in [2.05, 4.69) is 0 Å². The van der Waals surface area contributed by atoms with E-state index in [4.69, 9.17) is 11.6 Å². The lowest BCUT2D eigenvalue weighted by atomic mass is 9.65. The van der Waals surface area contributed by atoms with Gasteiger partial charge in [0.05, 0.1) is 6.61 Å². The first-order valence-corrected chi connectivity index (χ1v) is 5.23. The van der Waals surface area contributed by atoms with Crippen molar-refractivity contribution in [2.24, 2.45) is 0 Å². The Bertz CT molecular complexity index is 383. The maximum absolute atomic E-state index is 13.7. The zero-order valence-electron chi connectivity index (χ0n) is 8.06. The van der Waals surface area contributed by atoms with Crippen LogP contribution >= 0.6 is 11.6 Å². The number of hydrogen-bond acceptors (Lipinski definition) is 1. The van der Waals surface area contributed by atoms with Crippen LogP contribution in [0.1, 0.15) is 24.8 Å². The number of aliphatic hydroxyl groups is 1. The fourth-order valence-electron chi connectivity index (χ4n) is 2.05. The molecule has 0 bridgehead atoms. The molecule has 0 unspecified atom stereocenters. The van der Waals surface area contributed by atoms with Crippen LogP contribution < -0.4 is 0 Å². The summed E-state index contributed by atoms with van der Waals surface area (Å²) in [6.07, 6.45) is 2.40. The molecule has 1 aromatic carbocycles. The highest BCUT2D eigenvalue weighted by atomic mass is 35.5. The molecule has 1 saturated carbocycles. The van der Waals surface area contributed by atoms with E-state index < -0.39 is 22.1 Å². The van der Waals surface area contributed by atoms with Gasteiger partial charge in [0.15, 0.2) is 0 Å². The second kappa shape index (κ2) is 3.72. The van der Waals surface area contributed by atoms with E-state index in [1.54, 1.807) is 0 Å². The van der Waals surface area contributed by atoms with Gasteiger partial charge >= 0.3 is 0 Å². The Balaban J connectivity index is 2.49. The average Bonchev–Trinajstić information content (AvgIpc) is 2.17. The molecular weight excluding hydrogens is 222 g/mol. The van der Waals surface area contributed by atoms with Gasteiger partial charge in [0.2, 0.25) is 0 Å². The van der Waals surface area contributed by atoms with Crippen molar-refractivity contribution in [1.29, 1.82) is 0 Å². The first-order valence-electron chi connectivity index (χ1n) is 4.85. The van der Waals surface area contributed by atoms with E-state index in [1.807, 2.05) is 0 Å². The van der Waals surface area contributed by atoms with E-state index in [1.165, 1.54) is 6.07 Å². The Hall–Kier alpha value is -0.670. The molecule has 0 atom stereocenters. The highest BCUT2D eigenvalue weighted by molar-refractivity contribution is 6.31. The summed E-state index contributed by atoms with van der Waals surface area (Å²) in [4.78, 5) is 0. The molecule has 1 aromatic rings. The average molecular weight is 233 g/mol. The largest absolute Gasteiger partial charge is 0.395 e. The van der Waals surface area contributed by atoms with Crippen LogP contribution in [0.3, 0.4) is 0 Å². The molecule has 1 aliphatic carbocycles. The predicted octanol–water partition coefficient (Wildman–Crippen LogP) is 3.03. The summed E-state index contributed by atoms with van der Waals surface area (Å²) in [6.45, 7) is -0.119. The van der Waals surface area contributed by atoms with Gasteiger partial charge in [0, 0.05) is 5.41 Å². The van der Waals surface area contributed by atoms with Gasteiger partial charge in [-0.15, -0.1) is 0 Å². The first kappa shape index (κ1) is 10.8. The second-order valence-corrected chi connectivity index (χ2v) is 4.39. The van der Waals surface area contributed by atoms with Gasteiger partial charge in [-0.2, -0.15) is 0 Å². The van der Waals surface area contributed by atoms with Crippen LogP contribution in [-0.4, -0.2) is 11.7 Å². The lowest BCUT2D eigenvalue weighted by Crippen LogP contribution is -2.38. The van der Waals surface area contributed by atoms with Crippen LogP contribution in [0.25, 0.3) is 0 Å². The Morgan fingerprint density at radius 3 is 2.47 bits per heavy atom. The zero-order valence-corrected chi connectivity index (χ0v) is 8.82. The lowest BCUT2D eigenvalue weighted by molar-refractivity contribution is 0.116. The van der Waals surface area contributed by atoms with Crippen molar-refractivity contribution < 1.29 is 13.9 Å². The highest BCUT2D eigenvalue weighted by Crippen LogP contribution is 2.45. The van der Waals surface area contributed by atoms with E-state index in [9.17, 15) is 13.9 Å². The first-order chi connectivity index (χ1) is 7.10. The van der Waals surface area contributed by atoms with Crippen molar-refractivity contribution in [2.45, 2.75) is 24.7 Å².